The Balaban J connectivity index is 2.32. The molecule has 0 spiro atoms. The highest BCUT2D eigenvalue weighted by Gasteiger charge is 2.17. The molecule has 0 saturated carbocycles. The number of amides is 2. The smallest absolute Gasteiger partial charge is 0.259 e. The van der Waals surface area contributed by atoms with Crippen LogP contribution in [-0.2, 0) is 4.79 Å². The van der Waals surface area contributed by atoms with Crippen LogP contribution in [0.4, 0.5) is 11.4 Å². The van der Waals surface area contributed by atoms with Gasteiger partial charge in [0, 0.05) is 16.6 Å². The number of ether oxygens (including phenoxy) is 1. The molecule has 7 heteroatoms. The highest BCUT2D eigenvalue weighted by atomic mass is 79.9. The molecule has 0 aliphatic heterocycles. The first-order valence-electron chi connectivity index (χ1n) is 7.60. The minimum Gasteiger partial charge on any atom is -0.496 e. The molecule has 2 amide bonds. The molecular formula is C18H18BrClN2O3. The first kappa shape index (κ1) is 19.3. The van der Waals surface area contributed by atoms with Gasteiger partial charge in [-0.2, -0.15) is 0 Å². The van der Waals surface area contributed by atoms with Crippen molar-refractivity contribution >= 4 is 50.7 Å². The molecule has 0 heterocycles. The molecule has 0 aromatic heterocycles. The van der Waals surface area contributed by atoms with Crippen molar-refractivity contribution < 1.29 is 14.3 Å². The molecule has 0 fully saturated rings. The lowest BCUT2D eigenvalue weighted by Crippen LogP contribution is -2.15. The standard InChI is InChI=1S/C18H18BrClN2O3/c1-4-16(23)21-12-5-6-14(20)15(9-12)22-18(24)13-8-11(19)7-10(2)17(13)25-3/h5-9H,4H2,1-3H3,(H,21,23)(H,22,24). The van der Waals surface area contributed by atoms with Crippen LogP contribution >= 0.6 is 27.5 Å². The zero-order chi connectivity index (χ0) is 18.6. The predicted molar refractivity (Wildman–Crippen MR) is 104 cm³/mol. The molecule has 0 saturated heterocycles. The van der Waals surface area contributed by atoms with Crippen molar-refractivity contribution in [2.75, 3.05) is 17.7 Å². The van der Waals surface area contributed by atoms with E-state index < -0.39 is 0 Å². The van der Waals surface area contributed by atoms with Gasteiger partial charge in [0.2, 0.25) is 5.91 Å². The molecule has 0 aliphatic carbocycles. The molecule has 5 nitrogen and oxygen atoms in total. The number of carbonyl (C=O) groups is 2. The van der Waals surface area contributed by atoms with Gasteiger partial charge in [0.05, 0.1) is 23.4 Å². The summed E-state index contributed by atoms with van der Waals surface area (Å²) in [6.07, 6.45) is 0.360. The van der Waals surface area contributed by atoms with E-state index in [-0.39, 0.29) is 11.8 Å². The Hall–Kier alpha value is -2.05. The highest BCUT2D eigenvalue weighted by Crippen LogP contribution is 2.30. The molecule has 0 aliphatic rings. The Morgan fingerprint density at radius 2 is 1.92 bits per heavy atom. The summed E-state index contributed by atoms with van der Waals surface area (Å²) in [7, 11) is 1.51. The summed E-state index contributed by atoms with van der Waals surface area (Å²) < 4.78 is 6.11. The van der Waals surface area contributed by atoms with Gasteiger partial charge < -0.3 is 15.4 Å². The second kappa shape index (κ2) is 8.36. The monoisotopic (exact) mass is 424 g/mol. The lowest BCUT2D eigenvalue weighted by atomic mass is 10.1. The largest absolute Gasteiger partial charge is 0.496 e. The van der Waals surface area contributed by atoms with Crippen LogP contribution in [0.3, 0.4) is 0 Å². The van der Waals surface area contributed by atoms with Crippen molar-refractivity contribution in [3.63, 3.8) is 0 Å². The van der Waals surface area contributed by atoms with Crippen molar-refractivity contribution in [2.45, 2.75) is 20.3 Å². The van der Waals surface area contributed by atoms with E-state index in [4.69, 9.17) is 16.3 Å². The van der Waals surface area contributed by atoms with Crippen LogP contribution in [0.5, 0.6) is 5.75 Å². The maximum Gasteiger partial charge on any atom is 0.259 e. The Morgan fingerprint density at radius 3 is 2.56 bits per heavy atom. The molecular weight excluding hydrogens is 408 g/mol. The zero-order valence-electron chi connectivity index (χ0n) is 14.1. The lowest BCUT2D eigenvalue weighted by molar-refractivity contribution is -0.115. The van der Waals surface area contributed by atoms with Gasteiger partial charge in [0.15, 0.2) is 0 Å². The first-order valence-corrected chi connectivity index (χ1v) is 8.77. The number of methoxy groups -OCH3 is 1. The lowest BCUT2D eigenvalue weighted by Gasteiger charge is -2.14. The molecule has 2 rings (SSSR count). The minimum atomic E-state index is -0.359. The van der Waals surface area contributed by atoms with E-state index >= 15 is 0 Å². The molecule has 25 heavy (non-hydrogen) atoms. The number of benzene rings is 2. The maximum absolute atomic E-state index is 12.7. The number of hydrogen-bond donors (Lipinski definition) is 2. The van der Waals surface area contributed by atoms with Crippen LogP contribution in [0.15, 0.2) is 34.8 Å². The van der Waals surface area contributed by atoms with E-state index in [0.717, 1.165) is 10.0 Å². The number of carbonyl (C=O) groups excluding carboxylic acids is 2. The van der Waals surface area contributed by atoms with E-state index in [2.05, 4.69) is 26.6 Å². The van der Waals surface area contributed by atoms with E-state index in [1.807, 2.05) is 13.0 Å². The van der Waals surface area contributed by atoms with Gasteiger partial charge in [-0.25, -0.2) is 0 Å². The van der Waals surface area contributed by atoms with Gasteiger partial charge in [0.25, 0.3) is 5.91 Å². The third-order valence-corrected chi connectivity index (χ3v) is 4.30. The van der Waals surface area contributed by atoms with E-state index in [9.17, 15) is 9.59 Å². The highest BCUT2D eigenvalue weighted by molar-refractivity contribution is 9.10. The summed E-state index contributed by atoms with van der Waals surface area (Å²) in [6, 6.07) is 8.45. The van der Waals surface area contributed by atoms with Crippen LogP contribution in [0.2, 0.25) is 5.02 Å². The summed E-state index contributed by atoms with van der Waals surface area (Å²) in [6.45, 7) is 3.62. The van der Waals surface area contributed by atoms with E-state index in [1.54, 1.807) is 31.2 Å². The van der Waals surface area contributed by atoms with Crippen LogP contribution in [-0.4, -0.2) is 18.9 Å². The summed E-state index contributed by atoms with van der Waals surface area (Å²) in [4.78, 5) is 24.2. The quantitative estimate of drug-likeness (QED) is 0.707. The normalized spacial score (nSPS) is 10.3. The molecule has 132 valence electrons. The molecule has 2 aromatic rings. The Labute approximate surface area is 159 Å². The summed E-state index contributed by atoms with van der Waals surface area (Å²) in [5.74, 6) is 0.0123. The molecule has 0 unspecified atom stereocenters. The number of halogens is 2. The SMILES string of the molecule is CCC(=O)Nc1ccc(Cl)c(NC(=O)c2cc(Br)cc(C)c2OC)c1. The predicted octanol–water partition coefficient (Wildman–Crippen LogP) is 5.02. The molecule has 2 N–H and O–H groups in total. The minimum absolute atomic E-state index is 0.121. The summed E-state index contributed by atoms with van der Waals surface area (Å²) >= 11 is 9.55. The van der Waals surface area contributed by atoms with Crippen molar-refractivity contribution in [2.24, 2.45) is 0 Å². The fraction of sp³-hybridized carbons (Fsp3) is 0.222. The zero-order valence-corrected chi connectivity index (χ0v) is 16.4. The Kier molecular flexibility index (Phi) is 6.45. The van der Waals surface area contributed by atoms with Crippen molar-refractivity contribution in [3.8, 4) is 5.75 Å². The number of rotatable bonds is 5. The average Bonchev–Trinajstić information content (AvgIpc) is 2.57. The van der Waals surface area contributed by atoms with Crippen molar-refractivity contribution in [1.82, 2.24) is 0 Å². The Bertz CT molecular complexity index is 824. The second-order valence-electron chi connectivity index (χ2n) is 5.35. The van der Waals surface area contributed by atoms with Crippen LogP contribution in [0, 0.1) is 6.92 Å². The third-order valence-electron chi connectivity index (χ3n) is 3.51. The van der Waals surface area contributed by atoms with E-state index in [0.29, 0.717) is 34.1 Å². The number of aryl methyl sites for hydroxylation is 1. The van der Waals surface area contributed by atoms with Crippen LogP contribution in [0.25, 0.3) is 0 Å². The number of hydrogen-bond acceptors (Lipinski definition) is 3. The molecule has 0 radical (unpaired) electrons. The van der Waals surface area contributed by atoms with Gasteiger partial charge in [0.1, 0.15) is 5.75 Å². The van der Waals surface area contributed by atoms with Crippen LogP contribution < -0.4 is 15.4 Å². The van der Waals surface area contributed by atoms with E-state index in [1.165, 1.54) is 7.11 Å². The topological polar surface area (TPSA) is 67.4 Å². The Morgan fingerprint density at radius 1 is 1.20 bits per heavy atom. The van der Waals surface area contributed by atoms with Crippen molar-refractivity contribution in [1.29, 1.82) is 0 Å². The molecule has 2 aromatic carbocycles. The number of nitrogens with one attached hydrogen (secondary N) is 2. The molecule has 0 atom stereocenters. The first-order chi connectivity index (χ1) is 11.8. The van der Waals surface area contributed by atoms with Gasteiger partial charge in [-0.3, -0.25) is 9.59 Å². The van der Waals surface area contributed by atoms with Gasteiger partial charge >= 0.3 is 0 Å². The number of anilines is 2. The molecule has 0 bridgehead atoms. The van der Waals surface area contributed by atoms with Crippen LogP contribution in [0.1, 0.15) is 29.3 Å². The average molecular weight is 426 g/mol. The maximum atomic E-state index is 12.7. The summed E-state index contributed by atoms with van der Waals surface area (Å²) in [5.41, 5.74) is 2.18. The van der Waals surface area contributed by atoms with Gasteiger partial charge in [-0.05, 0) is 42.8 Å². The van der Waals surface area contributed by atoms with Gasteiger partial charge in [-0.15, -0.1) is 0 Å². The fourth-order valence-corrected chi connectivity index (χ4v) is 3.04. The second-order valence-corrected chi connectivity index (χ2v) is 6.68. The third kappa shape index (κ3) is 4.74. The fourth-order valence-electron chi connectivity index (χ4n) is 2.31. The van der Waals surface area contributed by atoms with Crippen molar-refractivity contribution in [3.05, 3.63) is 51.0 Å². The van der Waals surface area contributed by atoms with Gasteiger partial charge in [-0.1, -0.05) is 34.5 Å². The summed E-state index contributed by atoms with van der Waals surface area (Å²) in [5, 5.41) is 5.87.